The highest BCUT2D eigenvalue weighted by atomic mass is 35.7. The van der Waals surface area contributed by atoms with Gasteiger partial charge in [-0.05, 0) is 47.1 Å². The van der Waals surface area contributed by atoms with E-state index in [1.54, 1.807) is 0 Å². The Kier molecular flexibility index (Phi) is 8.54. The molecule has 2 aromatic rings. The molecule has 1 heterocycles. The van der Waals surface area contributed by atoms with Crippen LogP contribution in [0.5, 0.6) is 0 Å². The number of halogens is 1. The zero-order valence-electron chi connectivity index (χ0n) is 18.8. The van der Waals surface area contributed by atoms with Gasteiger partial charge in [-0.25, -0.2) is 23.2 Å². The minimum Gasteiger partial charge on any atom is -0.457 e. The lowest BCUT2D eigenvalue weighted by Gasteiger charge is -2.18. The van der Waals surface area contributed by atoms with Crippen molar-refractivity contribution in [1.82, 2.24) is 0 Å². The van der Waals surface area contributed by atoms with Crippen molar-refractivity contribution in [3.63, 3.8) is 0 Å². The van der Waals surface area contributed by atoms with Crippen molar-refractivity contribution in [2.24, 2.45) is 0 Å². The summed E-state index contributed by atoms with van der Waals surface area (Å²) >= 11 is 0. The average Bonchev–Trinajstić information content (AvgIpc) is 2.83. The Hall–Kier alpha value is -3.52. The van der Waals surface area contributed by atoms with Crippen molar-refractivity contribution in [2.45, 2.75) is 0 Å². The van der Waals surface area contributed by atoms with E-state index in [1.807, 2.05) is 44.4 Å². The first-order valence-electron chi connectivity index (χ1n) is 10.4. The van der Waals surface area contributed by atoms with E-state index in [2.05, 4.69) is 83.5 Å². The highest BCUT2D eigenvalue weighted by Crippen LogP contribution is 2.31. The number of allylic oxidation sites excluding steroid dienone is 10. The maximum atomic E-state index is 8.49. The fourth-order valence-corrected chi connectivity index (χ4v) is 3.21. The Morgan fingerprint density at radius 3 is 1.76 bits per heavy atom. The van der Waals surface area contributed by atoms with Crippen molar-refractivity contribution in [1.29, 1.82) is 0 Å². The standard InChI is InChI=1S/C27H24NO.ClHO4/c1-28(2)25-16-13-21(14-17-25)15-18-26-19-24(22-9-5-3-6-10-22)20-27(29-26)23-11-7-4-8-12-23;2-1(3,4)5/h3-20H,1-2H3;(H,2,3,4,5)/q+1;/p-1/b26-18-;. The Labute approximate surface area is 201 Å². The van der Waals surface area contributed by atoms with Crippen LogP contribution in [0.4, 0.5) is 0 Å². The van der Waals surface area contributed by atoms with Crippen LogP contribution >= 0.6 is 0 Å². The topological polar surface area (TPSA) is 104 Å². The van der Waals surface area contributed by atoms with Gasteiger partial charge in [-0.1, -0.05) is 66.7 Å². The summed E-state index contributed by atoms with van der Waals surface area (Å²) in [4.78, 5) is 0. The van der Waals surface area contributed by atoms with Crippen LogP contribution in [-0.2, 0) is 4.74 Å². The summed E-state index contributed by atoms with van der Waals surface area (Å²) < 4.78 is 42.3. The quantitative estimate of drug-likeness (QED) is 0.614. The molecule has 0 saturated carbocycles. The minimum absolute atomic E-state index is 0.821. The number of hydrogen-bond acceptors (Lipinski definition) is 5. The Balaban J connectivity index is 0.000000588. The molecule has 1 aliphatic carbocycles. The molecule has 0 unspecified atom stereocenters. The molecule has 4 rings (SSSR count). The van der Waals surface area contributed by atoms with Crippen LogP contribution in [0.15, 0.2) is 121 Å². The van der Waals surface area contributed by atoms with Crippen LogP contribution in [0.2, 0.25) is 0 Å². The second-order valence-corrected chi connectivity index (χ2v) is 8.30. The second-order valence-electron chi connectivity index (χ2n) is 7.54. The van der Waals surface area contributed by atoms with Crippen LogP contribution in [-0.4, -0.2) is 24.4 Å². The van der Waals surface area contributed by atoms with Crippen LogP contribution in [0.25, 0.3) is 11.3 Å². The molecule has 0 amide bonds. The molecule has 174 valence electrons. The fourth-order valence-electron chi connectivity index (χ4n) is 3.21. The number of nitrogens with zero attached hydrogens (tertiary/aromatic N) is 1. The molecule has 2 aliphatic rings. The van der Waals surface area contributed by atoms with Crippen molar-refractivity contribution < 1.29 is 38.2 Å². The third-order valence-electron chi connectivity index (χ3n) is 4.83. The first-order valence-corrected chi connectivity index (χ1v) is 11.6. The largest absolute Gasteiger partial charge is 0.457 e. The molecular formula is C27H24ClNO5. The van der Waals surface area contributed by atoms with Gasteiger partial charge >= 0.3 is 0 Å². The summed E-state index contributed by atoms with van der Waals surface area (Å²) in [6.07, 6.45) is 16.8. The molecule has 6 nitrogen and oxygen atoms in total. The summed E-state index contributed by atoms with van der Waals surface area (Å²) in [6.45, 7) is 0. The van der Waals surface area contributed by atoms with Crippen molar-refractivity contribution in [2.75, 3.05) is 14.1 Å². The van der Waals surface area contributed by atoms with Gasteiger partial charge in [-0.2, -0.15) is 0 Å². The van der Waals surface area contributed by atoms with Gasteiger partial charge in [0, 0.05) is 17.7 Å². The molecule has 0 bridgehead atoms. The molecular weight excluding hydrogens is 454 g/mol. The molecule has 2 aromatic carbocycles. The number of ether oxygens (including phenoxy) is 1. The highest BCUT2D eigenvalue weighted by molar-refractivity contribution is 6.02. The van der Waals surface area contributed by atoms with Crippen LogP contribution in [0.1, 0.15) is 11.1 Å². The van der Waals surface area contributed by atoms with E-state index in [9.17, 15) is 0 Å². The SMILES string of the molecule is C[N+](C)=C1C=CC(=C/C=C2/C=C(c3ccccc3)C=C(c3ccccc3)O2)C=C1.[O-][Cl+3]([O-])([O-])[O-]. The zero-order valence-corrected chi connectivity index (χ0v) is 19.5. The van der Waals surface area contributed by atoms with E-state index in [-0.39, 0.29) is 0 Å². The van der Waals surface area contributed by atoms with E-state index in [0.29, 0.717) is 0 Å². The van der Waals surface area contributed by atoms with E-state index in [4.69, 9.17) is 23.4 Å². The van der Waals surface area contributed by atoms with Crippen LogP contribution in [0.3, 0.4) is 0 Å². The van der Waals surface area contributed by atoms with Gasteiger partial charge in [0.05, 0.1) is 0 Å². The van der Waals surface area contributed by atoms with Gasteiger partial charge in [0.15, 0.2) is 5.71 Å². The molecule has 0 saturated heterocycles. The first-order chi connectivity index (χ1) is 16.2. The van der Waals surface area contributed by atoms with Gasteiger partial charge in [-0.3, -0.25) is 0 Å². The number of benzene rings is 2. The van der Waals surface area contributed by atoms with Gasteiger partial charge in [0.25, 0.3) is 0 Å². The van der Waals surface area contributed by atoms with E-state index in [0.717, 1.165) is 28.2 Å². The molecule has 0 spiro atoms. The molecule has 0 fully saturated rings. The van der Waals surface area contributed by atoms with Gasteiger partial charge in [0.2, 0.25) is 0 Å². The molecule has 1 aliphatic heterocycles. The third kappa shape index (κ3) is 8.12. The predicted molar refractivity (Wildman–Crippen MR) is 121 cm³/mol. The Morgan fingerprint density at radius 1 is 0.706 bits per heavy atom. The maximum absolute atomic E-state index is 8.49. The second kappa shape index (κ2) is 11.6. The summed E-state index contributed by atoms with van der Waals surface area (Å²) in [5.74, 6) is 1.68. The van der Waals surface area contributed by atoms with Gasteiger partial charge in [-0.15, -0.1) is 10.2 Å². The van der Waals surface area contributed by atoms with Crippen LogP contribution < -0.4 is 18.6 Å². The smallest absolute Gasteiger partial charge is 0.199 e. The molecule has 0 N–H and O–H groups in total. The fraction of sp³-hybridized carbons (Fsp3) is 0.0741. The van der Waals surface area contributed by atoms with Crippen molar-refractivity contribution >= 4 is 17.0 Å². The summed E-state index contributed by atoms with van der Waals surface area (Å²) in [5, 5.41) is 0. The first kappa shape index (κ1) is 25.1. The molecule has 0 aromatic heterocycles. The zero-order chi connectivity index (χ0) is 24.6. The van der Waals surface area contributed by atoms with E-state index >= 15 is 0 Å². The lowest BCUT2D eigenvalue weighted by molar-refractivity contribution is -2.00. The predicted octanol–water partition coefficient (Wildman–Crippen LogP) is 1.03. The lowest BCUT2D eigenvalue weighted by atomic mass is 10.0. The lowest BCUT2D eigenvalue weighted by Crippen LogP contribution is -2.68. The normalized spacial score (nSPS) is 16.2. The molecule has 7 heteroatoms. The van der Waals surface area contributed by atoms with Gasteiger partial charge < -0.3 is 4.74 Å². The summed E-state index contributed by atoms with van der Waals surface area (Å²) in [5.41, 5.74) is 5.69. The maximum Gasteiger partial charge on any atom is 0.199 e. The van der Waals surface area contributed by atoms with E-state index in [1.165, 1.54) is 11.3 Å². The molecule has 0 atom stereocenters. The van der Waals surface area contributed by atoms with Gasteiger partial charge in [0.1, 0.15) is 25.6 Å². The highest BCUT2D eigenvalue weighted by Gasteiger charge is 2.14. The molecule has 34 heavy (non-hydrogen) atoms. The summed E-state index contributed by atoms with van der Waals surface area (Å²) in [7, 11) is -0.853. The third-order valence-corrected chi connectivity index (χ3v) is 4.83. The average molecular weight is 478 g/mol. The van der Waals surface area contributed by atoms with Crippen molar-refractivity contribution in [3.8, 4) is 0 Å². The summed E-state index contributed by atoms with van der Waals surface area (Å²) in [6, 6.07) is 20.6. The monoisotopic (exact) mass is 477 g/mol. The van der Waals surface area contributed by atoms with Crippen LogP contribution in [0, 0.1) is 10.2 Å². The van der Waals surface area contributed by atoms with Crippen molar-refractivity contribution in [3.05, 3.63) is 132 Å². The van der Waals surface area contributed by atoms with E-state index < -0.39 is 10.2 Å². The number of hydrogen-bond donors (Lipinski definition) is 0. The minimum atomic E-state index is -4.94. The molecule has 0 radical (unpaired) electrons. The Bertz CT molecular complexity index is 1190. The number of rotatable bonds is 3. The Morgan fingerprint density at radius 2 is 1.24 bits per heavy atom.